The van der Waals surface area contributed by atoms with Gasteiger partial charge in [0.05, 0.1) is 18.1 Å². The Morgan fingerprint density at radius 3 is 2.22 bits per heavy atom. The highest BCUT2D eigenvalue weighted by Crippen LogP contribution is 2.40. The van der Waals surface area contributed by atoms with Crippen molar-refractivity contribution in [2.45, 2.75) is 38.8 Å². The third-order valence-electron chi connectivity index (χ3n) is 5.25. The van der Waals surface area contributed by atoms with Gasteiger partial charge in [0.15, 0.2) is 0 Å². The Balaban J connectivity index is 1.72. The van der Waals surface area contributed by atoms with E-state index in [0.717, 1.165) is 5.57 Å². The Morgan fingerprint density at radius 1 is 1.11 bits per heavy atom. The monoisotopic (exact) mass is 371 g/mol. The molecule has 0 radical (unpaired) electrons. The Labute approximate surface area is 157 Å². The van der Waals surface area contributed by atoms with Crippen LogP contribution in [-0.4, -0.2) is 17.1 Å². The third-order valence-corrected chi connectivity index (χ3v) is 5.25. The number of carbonyl (C=O) groups is 1. The maximum atomic E-state index is 13.2. The first-order valence-electron chi connectivity index (χ1n) is 9.07. The fourth-order valence-corrected chi connectivity index (χ4v) is 3.60. The molecule has 1 heterocycles. The molecular formula is C22H23F2NO2. The molecule has 5 heteroatoms. The lowest BCUT2D eigenvalue weighted by molar-refractivity contribution is -0.129. The molecule has 0 bridgehead atoms. The maximum Gasteiger partial charge on any atom is 0.233 e. The van der Waals surface area contributed by atoms with Gasteiger partial charge in [-0.3, -0.25) is 4.79 Å². The number of hydrogen-bond donors (Lipinski definition) is 1. The van der Waals surface area contributed by atoms with E-state index in [1.54, 1.807) is 29.2 Å². The van der Waals surface area contributed by atoms with Crippen molar-refractivity contribution >= 4 is 11.6 Å². The molecule has 0 aromatic heterocycles. The number of aliphatic hydroxyl groups is 1. The fraction of sp³-hybridized carbons (Fsp3) is 0.318. The van der Waals surface area contributed by atoms with Crippen molar-refractivity contribution in [3.8, 4) is 0 Å². The van der Waals surface area contributed by atoms with Crippen LogP contribution in [0.1, 0.15) is 38.4 Å². The number of benzene rings is 2. The Kier molecular flexibility index (Phi) is 5.71. The molecule has 3 rings (SSSR count). The lowest BCUT2D eigenvalue weighted by atomic mass is 9.78. The molecule has 1 N–H and O–H groups in total. The van der Waals surface area contributed by atoms with E-state index in [0.29, 0.717) is 24.1 Å². The van der Waals surface area contributed by atoms with Gasteiger partial charge < -0.3 is 10.0 Å². The zero-order valence-corrected chi connectivity index (χ0v) is 15.4. The molecule has 3 nitrogen and oxygen atoms in total. The number of amides is 1. The quantitative estimate of drug-likeness (QED) is 0.587. The number of aliphatic hydroxyl groups excluding tert-OH is 1. The number of anilines is 1. The summed E-state index contributed by atoms with van der Waals surface area (Å²) in [5, 5.41) is 10.4. The van der Waals surface area contributed by atoms with E-state index in [9.17, 15) is 18.7 Å². The van der Waals surface area contributed by atoms with Gasteiger partial charge >= 0.3 is 0 Å². The normalized spacial score (nSPS) is 21.1. The van der Waals surface area contributed by atoms with E-state index in [2.05, 4.69) is 0 Å². The van der Waals surface area contributed by atoms with Gasteiger partial charge in [-0.1, -0.05) is 23.8 Å². The predicted octanol–water partition coefficient (Wildman–Crippen LogP) is 4.78. The van der Waals surface area contributed by atoms with Gasteiger partial charge in [-0.05, 0) is 68.7 Å². The van der Waals surface area contributed by atoms with Crippen LogP contribution in [0.15, 0.2) is 60.2 Å². The molecule has 142 valence electrons. The van der Waals surface area contributed by atoms with Crippen molar-refractivity contribution in [2.75, 3.05) is 4.90 Å². The van der Waals surface area contributed by atoms with E-state index >= 15 is 0 Å². The second-order valence-electron chi connectivity index (χ2n) is 6.91. The van der Waals surface area contributed by atoms with E-state index in [1.165, 1.54) is 24.3 Å². The second-order valence-corrected chi connectivity index (χ2v) is 6.91. The zero-order valence-electron chi connectivity index (χ0n) is 15.4. The Morgan fingerprint density at radius 2 is 1.67 bits per heavy atom. The summed E-state index contributed by atoms with van der Waals surface area (Å²) in [6.07, 6.45) is 2.15. The largest absolute Gasteiger partial charge is 0.388 e. The summed E-state index contributed by atoms with van der Waals surface area (Å²) < 4.78 is 26.2. The fourth-order valence-electron chi connectivity index (χ4n) is 3.60. The second kappa shape index (κ2) is 8.01. The molecule has 2 aromatic carbocycles. The summed E-state index contributed by atoms with van der Waals surface area (Å²) in [6, 6.07) is 11.5. The number of halogens is 2. The molecule has 1 saturated heterocycles. The molecule has 3 atom stereocenters. The smallest absolute Gasteiger partial charge is 0.233 e. The van der Waals surface area contributed by atoms with Crippen molar-refractivity contribution < 1.29 is 18.7 Å². The van der Waals surface area contributed by atoms with Crippen molar-refractivity contribution in [3.05, 3.63) is 77.4 Å². The molecule has 0 aliphatic carbocycles. The van der Waals surface area contributed by atoms with Crippen molar-refractivity contribution in [1.29, 1.82) is 0 Å². The van der Waals surface area contributed by atoms with Crippen molar-refractivity contribution in [2.24, 2.45) is 5.92 Å². The minimum atomic E-state index is -0.746. The Hall–Kier alpha value is -2.53. The highest BCUT2D eigenvalue weighted by atomic mass is 19.1. The average molecular weight is 371 g/mol. The van der Waals surface area contributed by atoms with Crippen LogP contribution in [0.2, 0.25) is 0 Å². The molecular weight excluding hydrogens is 348 g/mol. The summed E-state index contributed by atoms with van der Waals surface area (Å²) in [6.45, 7) is 3.89. The van der Waals surface area contributed by atoms with Gasteiger partial charge in [0.2, 0.25) is 5.91 Å². The molecule has 1 aliphatic heterocycles. The number of hydrogen-bond acceptors (Lipinski definition) is 2. The number of carbonyl (C=O) groups excluding carboxylic acids is 1. The molecule has 1 aliphatic rings. The van der Waals surface area contributed by atoms with Crippen LogP contribution in [0.25, 0.3) is 0 Å². The first kappa shape index (κ1) is 19.2. The van der Waals surface area contributed by atoms with E-state index in [4.69, 9.17) is 0 Å². The lowest BCUT2D eigenvalue weighted by Crippen LogP contribution is -2.61. The summed E-state index contributed by atoms with van der Waals surface area (Å²) in [5.41, 5.74) is 2.36. The standard InChI is InChI=1S/C22H23F2NO2/c1-3-14(2)21-19(12-13-20(26)15-4-6-16(23)7-5-15)22(27)25(21)18-10-8-17(24)9-11-18/h3-11,19-21,26H,12-13H2,1-2H3/b14-3+/t19-,20?,21?/m1/s1. The van der Waals surface area contributed by atoms with Crippen LogP contribution in [-0.2, 0) is 4.79 Å². The highest BCUT2D eigenvalue weighted by Gasteiger charge is 2.48. The van der Waals surface area contributed by atoms with Crippen LogP contribution in [0, 0.1) is 17.6 Å². The van der Waals surface area contributed by atoms with Gasteiger partial charge in [-0.2, -0.15) is 0 Å². The Bertz CT molecular complexity index is 830. The predicted molar refractivity (Wildman–Crippen MR) is 101 cm³/mol. The minimum Gasteiger partial charge on any atom is -0.388 e. The number of β-lactam (4-membered cyclic amide) rings is 1. The van der Waals surface area contributed by atoms with E-state index in [-0.39, 0.29) is 29.5 Å². The summed E-state index contributed by atoms with van der Waals surface area (Å²) in [4.78, 5) is 14.4. The minimum absolute atomic E-state index is 0.0286. The number of rotatable bonds is 6. The van der Waals surface area contributed by atoms with Crippen LogP contribution in [0.5, 0.6) is 0 Å². The maximum absolute atomic E-state index is 13.2. The van der Waals surface area contributed by atoms with Gasteiger partial charge in [0.25, 0.3) is 0 Å². The van der Waals surface area contributed by atoms with Crippen LogP contribution < -0.4 is 4.90 Å². The summed E-state index contributed by atoms with van der Waals surface area (Å²) in [5.74, 6) is -0.954. The average Bonchev–Trinajstić information content (AvgIpc) is 2.67. The molecule has 1 fully saturated rings. The third kappa shape index (κ3) is 3.93. The molecule has 27 heavy (non-hydrogen) atoms. The van der Waals surface area contributed by atoms with Gasteiger partial charge in [0.1, 0.15) is 11.6 Å². The van der Waals surface area contributed by atoms with Gasteiger partial charge in [0, 0.05) is 5.69 Å². The molecule has 2 unspecified atom stereocenters. The van der Waals surface area contributed by atoms with E-state index in [1.807, 2.05) is 19.9 Å². The topological polar surface area (TPSA) is 40.5 Å². The number of allylic oxidation sites excluding steroid dienone is 1. The molecule has 0 spiro atoms. The van der Waals surface area contributed by atoms with Crippen LogP contribution in [0.4, 0.5) is 14.5 Å². The molecule has 2 aromatic rings. The lowest BCUT2D eigenvalue weighted by Gasteiger charge is -2.48. The molecule has 0 saturated carbocycles. The van der Waals surface area contributed by atoms with Crippen LogP contribution in [0.3, 0.4) is 0 Å². The van der Waals surface area contributed by atoms with Crippen LogP contribution >= 0.6 is 0 Å². The van der Waals surface area contributed by atoms with Crippen molar-refractivity contribution in [3.63, 3.8) is 0 Å². The number of nitrogens with zero attached hydrogens (tertiary/aromatic N) is 1. The highest BCUT2D eigenvalue weighted by molar-refractivity contribution is 6.04. The van der Waals surface area contributed by atoms with Gasteiger partial charge in [-0.25, -0.2) is 8.78 Å². The SMILES string of the molecule is C/C=C(\C)C1[C@@H](CCC(O)c2ccc(F)cc2)C(=O)N1c1ccc(F)cc1. The molecule has 1 amide bonds. The van der Waals surface area contributed by atoms with E-state index < -0.39 is 6.10 Å². The zero-order chi connectivity index (χ0) is 19.6. The van der Waals surface area contributed by atoms with Gasteiger partial charge in [-0.15, -0.1) is 0 Å². The summed E-state index contributed by atoms with van der Waals surface area (Å²) in [7, 11) is 0. The first-order chi connectivity index (χ1) is 12.9. The first-order valence-corrected chi connectivity index (χ1v) is 9.07. The van der Waals surface area contributed by atoms with Crippen molar-refractivity contribution in [1.82, 2.24) is 0 Å². The summed E-state index contributed by atoms with van der Waals surface area (Å²) >= 11 is 0.